The Bertz CT molecular complexity index is 529. The van der Waals surface area contributed by atoms with Crippen molar-refractivity contribution in [3.8, 4) is 0 Å². The van der Waals surface area contributed by atoms with Crippen LogP contribution in [0.15, 0.2) is 35.7 Å². The van der Waals surface area contributed by atoms with E-state index in [0.717, 1.165) is 12.5 Å². The highest BCUT2D eigenvalue weighted by atomic mass is 32.2. The van der Waals surface area contributed by atoms with E-state index in [1.165, 1.54) is 23.5 Å². The first kappa shape index (κ1) is 14.7. The molecule has 0 radical (unpaired) electrons. The third kappa shape index (κ3) is 3.08. The second-order valence-electron chi connectivity index (χ2n) is 3.91. The lowest BCUT2D eigenvalue weighted by Gasteiger charge is -2.18. The fourth-order valence-electron chi connectivity index (χ4n) is 1.49. The van der Waals surface area contributed by atoms with Crippen molar-refractivity contribution in [2.75, 3.05) is 19.3 Å². The molecule has 0 heterocycles. The van der Waals surface area contributed by atoms with Crippen molar-refractivity contribution < 1.29 is 12.8 Å². The zero-order valence-corrected chi connectivity index (χ0v) is 11.1. The highest BCUT2D eigenvalue weighted by Gasteiger charge is 2.23. The smallest absolute Gasteiger partial charge is 0.244 e. The third-order valence-electron chi connectivity index (χ3n) is 2.58. The summed E-state index contributed by atoms with van der Waals surface area (Å²) in [4.78, 5) is -0.191. The van der Waals surface area contributed by atoms with E-state index in [1.54, 1.807) is 6.08 Å². The SMILES string of the molecule is C=CCCCN(C)S(=O)(=O)c1cccc(F)c1N. The quantitative estimate of drug-likeness (QED) is 0.489. The van der Waals surface area contributed by atoms with Gasteiger partial charge in [-0.2, -0.15) is 0 Å². The normalized spacial score (nSPS) is 11.7. The van der Waals surface area contributed by atoms with E-state index < -0.39 is 15.8 Å². The maximum Gasteiger partial charge on any atom is 0.244 e. The van der Waals surface area contributed by atoms with Crippen LogP contribution in [0.1, 0.15) is 12.8 Å². The zero-order valence-electron chi connectivity index (χ0n) is 10.3. The molecule has 0 aliphatic rings. The van der Waals surface area contributed by atoms with Crippen LogP contribution in [0.25, 0.3) is 0 Å². The number of allylic oxidation sites excluding steroid dienone is 1. The molecular formula is C12H17FN2O2S. The second-order valence-corrected chi connectivity index (χ2v) is 5.92. The summed E-state index contributed by atoms with van der Waals surface area (Å²) >= 11 is 0. The van der Waals surface area contributed by atoms with Crippen LogP contribution in [0, 0.1) is 5.82 Å². The molecule has 1 aromatic carbocycles. The summed E-state index contributed by atoms with van der Waals surface area (Å²) in [5.74, 6) is -0.726. The van der Waals surface area contributed by atoms with Crippen molar-refractivity contribution in [1.82, 2.24) is 4.31 Å². The Labute approximate surface area is 107 Å². The van der Waals surface area contributed by atoms with Gasteiger partial charge in [0.25, 0.3) is 0 Å². The molecule has 0 aliphatic heterocycles. The molecule has 6 heteroatoms. The highest BCUT2D eigenvalue weighted by Crippen LogP contribution is 2.23. The van der Waals surface area contributed by atoms with E-state index in [1.807, 2.05) is 0 Å². The minimum absolute atomic E-state index is 0.191. The summed E-state index contributed by atoms with van der Waals surface area (Å²) < 4.78 is 38.7. The Morgan fingerprint density at radius 1 is 1.50 bits per heavy atom. The highest BCUT2D eigenvalue weighted by molar-refractivity contribution is 7.89. The Morgan fingerprint density at radius 3 is 2.78 bits per heavy atom. The van der Waals surface area contributed by atoms with Crippen LogP contribution in [0.2, 0.25) is 0 Å². The minimum atomic E-state index is -3.74. The van der Waals surface area contributed by atoms with Crippen LogP contribution in [0.4, 0.5) is 10.1 Å². The molecule has 0 saturated carbocycles. The number of nitrogens with two attached hydrogens (primary N) is 1. The molecule has 0 atom stereocenters. The second kappa shape index (κ2) is 5.97. The summed E-state index contributed by atoms with van der Waals surface area (Å²) in [5.41, 5.74) is 5.12. The first-order chi connectivity index (χ1) is 8.41. The van der Waals surface area contributed by atoms with Crippen molar-refractivity contribution in [2.24, 2.45) is 0 Å². The first-order valence-electron chi connectivity index (χ1n) is 5.52. The minimum Gasteiger partial charge on any atom is -0.395 e. The predicted octanol–water partition coefficient (Wildman–Crippen LogP) is 1.99. The number of hydrogen-bond acceptors (Lipinski definition) is 3. The van der Waals surface area contributed by atoms with Crippen molar-refractivity contribution in [1.29, 1.82) is 0 Å². The summed E-state index contributed by atoms with van der Waals surface area (Å²) in [6.07, 6.45) is 3.10. The summed E-state index contributed by atoms with van der Waals surface area (Å²) in [6.45, 7) is 3.90. The molecule has 4 nitrogen and oxygen atoms in total. The van der Waals surface area contributed by atoms with Crippen LogP contribution >= 0.6 is 0 Å². The van der Waals surface area contributed by atoms with Gasteiger partial charge in [-0.25, -0.2) is 17.1 Å². The van der Waals surface area contributed by atoms with Crippen LogP contribution in [-0.4, -0.2) is 26.3 Å². The lowest BCUT2D eigenvalue weighted by Crippen LogP contribution is -2.28. The molecular weight excluding hydrogens is 255 g/mol. The van der Waals surface area contributed by atoms with E-state index in [-0.39, 0.29) is 10.6 Å². The van der Waals surface area contributed by atoms with Gasteiger partial charge >= 0.3 is 0 Å². The Hall–Kier alpha value is -1.40. The van der Waals surface area contributed by atoms with Gasteiger partial charge in [-0.05, 0) is 25.0 Å². The van der Waals surface area contributed by atoms with Gasteiger partial charge in [0.2, 0.25) is 10.0 Å². The maximum atomic E-state index is 13.3. The van der Waals surface area contributed by atoms with E-state index in [2.05, 4.69) is 6.58 Å². The van der Waals surface area contributed by atoms with Gasteiger partial charge in [-0.1, -0.05) is 12.1 Å². The molecule has 0 saturated heterocycles. The van der Waals surface area contributed by atoms with Crippen molar-refractivity contribution in [3.05, 3.63) is 36.7 Å². The van der Waals surface area contributed by atoms with Crippen molar-refractivity contribution >= 4 is 15.7 Å². The molecule has 1 aromatic rings. The van der Waals surface area contributed by atoms with E-state index in [4.69, 9.17) is 5.73 Å². The van der Waals surface area contributed by atoms with Crippen LogP contribution in [0.5, 0.6) is 0 Å². The number of unbranched alkanes of at least 4 members (excludes halogenated alkanes) is 1. The van der Waals surface area contributed by atoms with Crippen molar-refractivity contribution in [2.45, 2.75) is 17.7 Å². The Balaban J connectivity index is 2.98. The molecule has 18 heavy (non-hydrogen) atoms. The number of nitrogen functional groups attached to an aromatic ring is 1. The van der Waals surface area contributed by atoms with Crippen LogP contribution in [-0.2, 0) is 10.0 Å². The largest absolute Gasteiger partial charge is 0.395 e. The molecule has 0 spiro atoms. The molecule has 0 bridgehead atoms. The van der Waals surface area contributed by atoms with Gasteiger partial charge in [0.1, 0.15) is 10.7 Å². The number of para-hydroxylation sites is 1. The average Bonchev–Trinajstić information content (AvgIpc) is 2.32. The van der Waals surface area contributed by atoms with E-state index in [0.29, 0.717) is 13.0 Å². The van der Waals surface area contributed by atoms with Gasteiger partial charge in [-0.3, -0.25) is 0 Å². The molecule has 2 N–H and O–H groups in total. The summed E-state index contributed by atoms with van der Waals surface area (Å²) in [5, 5.41) is 0. The number of sulfonamides is 1. The average molecular weight is 272 g/mol. The molecule has 100 valence electrons. The number of anilines is 1. The lowest BCUT2D eigenvalue weighted by atomic mass is 10.3. The van der Waals surface area contributed by atoms with E-state index >= 15 is 0 Å². The van der Waals surface area contributed by atoms with E-state index in [9.17, 15) is 12.8 Å². The van der Waals surface area contributed by atoms with Crippen LogP contribution in [0.3, 0.4) is 0 Å². The van der Waals surface area contributed by atoms with Gasteiger partial charge in [-0.15, -0.1) is 6.58 Å². The molecule has 0 aliphatic carbocycles. The number of halogens is 1. The molecule has 0 fully saturated rings. The van der Waals surface area contributed by atoms with Gasteiger partial charge in [0.15, 0.2) is 0 Å². The van der Waals surface area contributed by atoms with Gasteiger partial charge in [0, 0.05) is 13.6 Å². The summed E-state index contributed by atoms with van der Waals surface area (Å²) in [7, 11) is -2.29. The number of hydrogen-bond donors (Lipinski definition) is 1. The Kier molecular flexibility index (Phi) is 4.86. The zero-order chi connectivity index (χ0) is 13.8. The molecule has 1 rings (SSSR count). The van der Waals surface area contributed by atoms with Gasteiger partial charge < -0.3 is 5.73 Å². The molecule has 0 unspecified atom stereocenters. The fraction of sp³-hybridized carbons (Fsp3) is 0.333. The summed E-state index contributed by atoms with van der Waals surface area (Å²) in [6, 6.07) is 3.76. The third-order valence-corrected chi connectivity index (χ3v) is 4.50. The topological polar surface area (TPSA) is 63.4 Å². The van der Waals surface area contributed by atoms with Crippen molar-refractivity contribution in [3.63, 3.8) is 0 Å². The first-order valence-corrected chi connectivity index (χ1v) is 6.96. The standard InChI is InChI=1S/C12H17FN2O2S/c1-3-4-5-9-15(2)18(16,17)11-8-6-7-10(13)12(11)14/h3,6-8H,1,4-5,9,14H2,2H3. The predicted molar refractivity (Wildman–Crippen MR) is 70.1 cm³/mol. The van der Waals surface area contributed by atoms with Gasteiger partial charge in [0.05, 0.1) is 5.69 Å². The lowest BCUT2D eigenvalue weighted by molar-refractivity contribution is 0.462. The number of benzene rings is 1. The van der Waals surface area contributed by atoms with Crippen LogP contribution < -0.4 is 5.73 Å². The number of nitrogens with zero attached hydrogens (tertiary/aromatic N) is 1. The Morgan fingerprint density at radius 2 is 2.17 bits per heavy atom. The maximum absolute atomic E-state index is 13.3. The monoisotopic (exact) mass is 272 g/mol. The fourth-order valence-corrected chi connectivity index (χ4v) is 2.82. The molecule has 0 amide bonds. The molecule has 0 aromatic heterocycles. The number of rotatable bonds is 6.